The molecule has 2 aromatic heterocycles. The van der Waals surface area contributed by atoms with Crippen LogP contribution in [0.15, 0.2) is 52.2 Å². The van der Waals surface area contributed by atoms with Crippen LogP contribution < -0.4 is 10.6 Å². The zero-order valence-electron chi connectivity index (χ0n) is 16.3. The molecule has 0 saturated carbocycles. The number of nitrogens with one attached hydrogen (secondary N) is 2. The lowest BCUT2D eigenvalue weighted by Gasteiger charge is -2.03. The van der Waals surface area contributed by atoms with Gasteiger partial charge in [0, 0.05) is 11.1 Å². The Labute approximate surface area is 189 Å². The number of aryl methyl sites for hydroxylation is 1. The van der Waals surface area contributed by atoms with Gasteiger partial charge in [-0.25, -0.2) is 14.4 Å². The summed E-state index contributed by atoms with van der Waals surface area (Å²) in [5.74, 6) is -0.587. The number of nitrogens with zero attached hydrogens (tertiary/aromatic N) is 2. The van der Waals surface area contributed by atoms with Crippen molar-refractivity contribution in [3.05, 3.63) is 64.9 Å². The van der Waals surface area contributed by atoms with Gasteiger partial charge < -0.3 is 10.6 Å². The van der Waals surface area contributed by atoms with Crippen molar-refractivity contribution in [1.82, 2.24) is 9.97 Å². The van der Waals surface area contributed by atoms with Crippen LogP contribution in [-0.2, 0) is 16.0 Å². The van der Waals surface area contributed by atoms with Gasteiger partial charge in [-0.3, -0.25) is 9.59 Å². The maximum Gasteiger partial charge on any atom is 0.234 e. The molecule has 0 aliphatic rings. The summed E-state index contributed by atoms with van der Waals surface area (Å²) in [6.45, 7) is 2.02. The smallest absolute Gasteiger partial charge is 0.234 e. The van der Waals surface area contributed by atoms with Crippen LogP contribution in [0.3, 0.4) is 0 Å². The molecule has 0 unspecified atom stereocenters. The van der Waals surface area contributed by atoms with E-state index in [9.17, 15) is 14.0 Å². The first kappa shape index (κ1) is 21.4. The van der Waals surface area contributed by atoms with E-state index in [1.165, 1.54) is 58.7 Å². The number of aromatic nitrogens is 2. The highest BCUT2D eigenvalue weighted by Crippen LogP contribution is 2.27. The molecule has 0 radical (unpaired) electrons. The van der Waals surface area contributed by atoms with E-state index >= 15 is 0 Å². The molecule has 2 heterocycles. The maximum absolute atomic E-state index is 12.9. The molecule has 0 aliphatic carbocycles. The lowest BCUT2D eigenvalue weighted by molar-refractivity contribution is -0.116. The van der Waals surface area contributed by atoms with Crippen LogP contribution in [0.4, 0.5) is 15.2 Å². The Bertz CT molecular complexity index is 1240. The zero-order chi connectivity index (χ0) is 21.8. The number of anilines is 2. The second kappa shape index (κ2) is 9.54. The predicted molar refractivity (Wildman–Crippen MR) is 125 cm³/mol. The van der Waals surface area contributed by atoms with Crippen molar-refractivity contribution in [2.24, 2.45) is 0 Å². The molecule has 2 aromatic carbocycles. The SMILES string of the molecule is Cc1ccc2nc(NC(=O)Cc3csc(SCC(=O)Nc4ccc(F)cc4)n3)sc2c1. The van der Waals surface area contributed by atoms with Gasteiger partial charge in [0.1, 0.15) is 5.82 Å². The van der Waals surface area contributed by atoms with E-state index in [4.69, 9.17) is 0 Å². The highest BCUT2D eigenvalue weighted by Gasteiger charge is 2.12. The molecule has 0 spiro atoms. The van der Waals surface area contributed by atoms with Gasteiger partial charge in [-0.15, -0.1) is 11.3 Å². The third-order valence-corrected chi connectivity index (χ3v) is 7.12. The number of thioether (sulfide) groups is 1. The number of hydrogen-bond donors (Lipinski definition) is 2. The van der Waals surface area contributed by atoms with Crippen molar-refractivity contribution in [2.45, 2.75) is 17.7 Å². The van der Waals surface area contributed by atoms with Crippen molar-refractivity contribution in [1.29, 1.82) is 0 Å². The zero-order valence-corrected chi connectivity index (χ0v) is 18.8. The molecule has 158 valence electrons. The quantitative estimate of drug-likeness (QED) is 0.365. The largest absolute Gasteiger partial charge is 0.325 e. The normalized spacial score (nSPS) is 10.9. The average molecular weight is 473 g/mol. The minimum atomic E-state index is -0.357. The summed E-state index contributed by atoms with van der Waals surface area (Å²) in [4.78, 5) is 33.2. The summed E-state index contributed by atoms with van der Waals surface area (Å²) in [5.41, 5.74) is 3.18. The minimum absolute atomic E-state index is 0.133. The van der Waals surface area contributed by atoms with Gasteiger partial charge in [-0.1, -0.05) is 29.2 Å². The summed E-state index contributed by atoms with van der Waals surface area (Å²) < 4.78 is 14.6. The van der Waals surface area contributed by atoms with Gasteiger partial charge in [0.2, 0.25) is 11.8 Å². The number of thiazole rings is 2. The number of rotatable bonds is 7. The summed E-state index contributed by atoms with van der Waals surface area (Å²) in [5, 5.41) is 7.90. The van der Waals surface area contributed by atoms with Crippen LogP contribution >= 0.6 is 34.4 Å². The minimum Gasteiger partial charge on any atom is -0.325 e. The van der Waals surface area contributed by atoms with Crippen LogP contribution in [0.25, 0.3) is 10.2 Å². The van der Waals surface area contributed by atoms with Crippen molar-refractivity contribution < 1.29 is 14.0 Å². The van der Waals surface area contributed by atoms with Crippen LogP contribution in [-0.4, -0.2) is 27.5 Å². The van der Waals surface area contributed by atoms with E-state index in [0.29, 0.717) is 20.9 Å². The second-order valence-corrected chi connectivity index (χ2v) is 9.77. The number of halogens is 1. The summed E-state index contributed by atoms with van der Waals surface area (Å²) in [6.07, 6.45) is 0.133. The Morgan fingerprint density at radius 1 is 1.06 bits per heavy atom. The summed E-state index contributed by atoms with van der Waals surface area (Å²) >= 11 is 4.11. The number of carbonyl (C=O) groups excluding carboxylic acids is 2. The topological polar surface area (TPSA) is 84.0 Å². The highest BCUT2D eigenvalue weighted by molar-refractivity contribution is 8.01. The Kier molecular flexibility index (Phi) is 6.59. The van der Waals surface area contributed by atoms with Gasteiger partial charge in [-0.05, 0) is 48.9 Å². The molecular formula is C21H17FN4O2S3. The van der Waals surface area contributed by atoms with Crippen LogP contribution in [0.2, 0.25) is 0 Å². The van der Waals surface area contributed by atoms with Gasteiger partial charge >= 0.3 is 0 Å². The average Bonchev–Trinajstić information content (AvgIpc) is 3.33. The van der Waals surface area contributed by atoms with Crippen LogP contribution in [0.5, 0.6) is 0 Å². The molecule has 31 heavy (non-hydrogen) atoms. The van der Waals surface area contributed by atoms with E-state index < -0.39 is 0 Å². The number of carbonyl (C=O) groups is 2. The van der Waals surface area contributed by atoms with E-state index in [1.54, 1.807) is 0 Å². The lowest BCUT2D eigenvalue weighted by atomic mass is 10.2. The summed E-state index contributed by atoms with van der Waals surface area (Å²) in [7, 11) is 0. The molecule has 0 fully saturated rings. The van der Waals surface area contributed by atoms with Crippen molar-refractivity contribution >= 4 is 67.3 Å². The first-order valence-electron chi connectivity index (χ1n) is 9.24. The molecule has 0 bridgehead atoms. The Morgan fingerprint density at radius 2 is 1.87 bits per heavy atom. The first-order valence-corrected chi connectivity index (χ1v) is 11.9. The maximum atomic E-state index is 12.9. The monoisotopic (exact) mass is 472 g/mol. The second-order valence-electron chi connectivity index (χ2n) is 6.66. The standard InChI is InChI=1S/C21H17FN4O2S3/c1-12-2-7-16-17(8-12)31-20(25-16)26-18(27)9-15-10-29-21(24-15)30-11-19(28)23-14-5-3-13(22)4-6-14/h2-8,10H,9,11H2,1H3,(H,23,28)(H,25,26,27). The number of hydrogen-bond acceptors (Lipinski definition) is 7. The number of amides is 2. The molecule has 2 N–H and O–H groups in total. The number of fused-ring (bicyclic) bond motifs is 1. The Morgan fingerprint density at radius 3 is 2.68 bits per heavy atom. The predicted octanol–water partition coefficient (Wildman–Crippen LogP) is 5.11. The third kappa shape index (κ3) is 5.87. The molecule has 0 atom stereocenters. The highest BCUT2D eigenvalue weighted by atomic mass is 32.2. The van der Waals surface area contributed by atoms with E-state index in [1.807, 2.05) is 30.5 Å². The van der Waals surface area contributed by atoms with Crippen LogP contribution in [0, 0.1) is 12.7 Å². The Hall–Kier alpha value is -2.82. The Balaban J connectivity index is 1.27. The van der Waals surface area contributed by atoms with Gasteiger partial charge in [-0.2, -0.15) is 0 Å². The molecule has 10 heteroatoms. The first-order chi connectivity index (χ1) is 14.9. The molecule has 4 aromatic rings. The van der Waals surface area contributed by atoms with Gasteiger partial charge in [0.05, 0.1) is 28.1 Å². The van der Waals surface area contributed by atoms with Gasteiger partial charge in [0.15, 0.2) is 9.47 Å². The van der Waals surface area contributed by atoms with Gasteiger partial charge in [0.25, 0.3) is 0 Å². The third-order valence-electron chi connectivity index (χ3n) is 4.12. The van der Waals surface area contributed by atoms with E-state index in [0.717, 1.165) is 15.8 Å². The van der Waals surface area contributed by atoms with Crippen molar-refractivity contribution in [3.63, 3.8) is 0 Å². The summed E-state index contributed by atoms with van der Waals surface area (Å²) in [6, 6.07) is 11.6. The molecule has 0 aliphatic heterocycles. The molecular weight excluding hydrogens is 455 g/mol. The number of benzene rings is 2. The fourth-order valence-corrected chi connectivity index (χ4v) is 5.33. The van der Waals surface area contributed by atoms with Crippen molar-refractivity contribution in [3.8, 4) is 0 Å². The van der Waals surface area contributed by atoms with Crippen molar-refractivity contribution in [2.75, 3.05) is 16.4 Å². The van der Waals surface area contributed by atoms with E-state index in [-0.39, 0.29) is 29.8 Å². The van der Waals surface area contributed by atoms with E-state index in [2.05, 4.69) is 20.6 Å². The molecule has 2 amide bonds. The fourth-order valence-electron chi connectivity index (χ4n) is 2.71. The fraction of sp³-hybridized carbons (Fsp3) is 0.143. The molecule has 4 rings (SSSR count). The molecule has 6 nitrogen and oxygen atoms in total. The van der Waals surface area contributed by atoms with Crippen LogP contribution in [0.1, 0.15) is 11.3 Å². The molecule has 0 saturated heterocycles. The lowest BCUT2D eigenvalue weighted by Crippen LogP contribution is -2.14.